The molecule has 2 heterocycles. The summed E-state index contributed by atoms with van der Waals surface area (Å²) in [7, 11) is 0. The van der Waals surface area contributed by atoms with Crippen LogP contribution in [-0.4, -0.2) is 33.2 Å². The average molecular weight is 709 g/mol. The lowest BCUT2D eigenvalue weighted by Crippen LogP contribution is -2.28. The molecule has 6 nitrogen and oxygen atoms in total. The van der Waals surface area contributed by atoms with E-state index >= 15 is 0 Å². The number of aliphatic imine (C=N–C) groups is 2. The molecule has 0 saturated heterocycles. The molecule has 1 aliphatic rings. The molecule has 1 atom stereocenters. The van der Waals surface area contributed by atoms with Crippen LogP contribution >= 0.6 is 0 Å². The summed E-state index contributed by atoms with van der Waals surface area (Å²) in [5.74, 6) is 3.35. The summed E-state index contributed by atoms with van der Waals surface area (Å²) >= 11 is 0. The zero-order valence-corrected chi connectivity index (χ0v) is 30.0. The van der Waals surface area contributed by atoms with Gasteiger partial charge in [0.05, 0.1) is 6.04 Å². The first kappa shape index (κ1) is 33.5. The molecule has 7 aromatic carbocycles. The van der Waals surface area contributed by atoms with E-state index in [2.05, 4.69) is 108 Å². The van der Waals surface area contributed by atoms with Crippen LogP contribution in [0.2, 0.25) is 0 Å². The summed E-state index contributed by atoms with van der Waals surface area (Å²) in [6, 6.07) is 66.2. The van der Waals surface area contributed by atoms with Gasteiger partial charge in [-0.25, -0.2) is 19.9 Å². The maximum Gasteiger partial charge on any atom is 0.164 e. The van der Waals surface area contributed by atoms with E-state index < -0.39 is 0 Å². The highest BCUT2D eigenvalue weighted by atomic mass is 15.1. The third-order valence-electron chi connectivity index (χ3n) is 9.71. The molecule has 0 bridgehead atoms. The van der Waals surface area contributed by atoms with E-state index in [1.54, 1.807) is 0 Å². The Balaban J connectivity index is 1.14. The lowest BCUT2D eigenvalue weighted by atomic mass is 9.93. The molecular formula is C49H36N6. The summed E-state index contributed by atoms with van der Waals surface area (Å²) in [5.41, 5.74) is 10.2. The quantitative estimate of drug-likeness (QED) is 0.170. The van der Waals surface area contributed by atoms with Crippen LogP contribution in [0.4, 0.5) is 0 Å². The van der Waals surface area contributed by atoms with Crippen molar-refractivity contribution in [3.8, 4) is 56.4 Å². The van der Waals surface area contributed by atoms with E-state index in [-0.39, 0.29) is 6.04 Å². The van der Waals surface area contributed by atoms with Gasteiger partial charge in [0.25, 0.3) is 0 Å². The van der Waals surface area contributed by atoms with Gasteiger partial charge >= 0.3 is 0 Å². The first-order valence-electron chi connectivity index (χ1n) is 18.4. The molecule has 1 unspecified atom stereocenters. The topological polar surface area (TPSA) is 75.4 Å². The molecule has 55 heavy (non-hydrogen) atoms. The van der Waals surface area contributed by atoms with Gasteiger partial charge in [-0.1, -0.05) is 188 Å². The average Bonchev–Trinajstić information content (AvgIpc) is 3.51. The number of hydrogen-bond donors (Lipinski definition) is 1. The van der Waals surface area contributed by atoms with Crippen molar-refractivity contribution in [2.45, 2.75) is 6.04 Å². The van der Waals surface area contributed by atoms with Crippen molar-refractivity contribution in [1.82, 2.24) is 20.3 Å². The van der Waals surface area contributed by atoms with Gasteiger partial charge in [-0.2, -0.15) is 0 Å². The van der Waals surface area contributed by atoms with Gasteiger partial charge in [-0.15, -0.1) is 0 Å². The van der Waals surface area contributed by atoms with Gasteiger partial charge in [0.1, 0.15) is 5.84 Å². The zero-order valence-electron chi connectivity index (χ0n) is 30.0. The lowest BCUT2D eigenvalue weighted by molar-refractivity contribution is 0.700. The van der Waals surface area contributed by atoms with Crippen LogP contribution in [-0.2, 0) is 0 Å². The third kappa shape index (κ3) is 7.34. The minimum absolute atomic E-state index is 0.106. The third-order valence-corrected chi connectivity index (χ3v) is 9.71. The molecular weight excluding hydrogens is 673 g/mol. The van der Waals surface area contributed by atoms with E-state index in [0.717, 1.165) is 61.5 Å². The second kappa shape index (κ2) is 15.3. The van der Waals surface area contributed by atoms with Crippen LogP contribution in [0.15, 0.2) is 204 Å². The molecule has 6 heteroatoms. The van der Waals surface area contributed by atoms with E-state index in [1.165, 1.54) is 0 Å². The highest BCUT2D eigenvalue weighted by Gasteiger charge is 2.22. The summed E-state index contributed by atoms with van der Waals surface area (Å²) in [4.78, 5) is 25.3. The molecule has 9 rings (SSSR count). The van der Waals surface area contributed by atoms with Crippen molar-refractivity contribution in [3.63, 3.8) is 0 Å². The standard InChI is InChI=1S/C49H36N6/c1-6-16-34(17-7-1)41-30-31-42(49-50-33-44(36-18-8-2-9-19-36)51-45(55-49)37-20-10-3-11-21-37)43(32-41)35-26-28-40(29-27-35)48-53-46(38-22-12-4-13-23-38)52-47(54-48)39-24-14-5-15-25-39/h1-32,44H,33H2,(H,50,51,55). The second-order valence-electron chi connectivity index (χ2n) is 13.3. The number of nitrogens with zero attached hydrogens (tertiary/aromatic N) is 5. The minimum atomic E-state index is -0.106. The summed E-state index contributed by atoms with van der Waals surface area (Å²) in [6.45, 7) is 0.602. The van der Waals surface area contributed by atoms with Crippen molar-refractivity contribution < 1.29 is 0 Å². The largest absolute Gasteiger partial charge is 0.367 e. The summed E-state index contributed by atoms with van der Waals surface area (Å²) in [6.07, 6.45) is 0. The Labute approximate surface area is 320 Å². The second-order valence-corrected chi connectivity index (χ2v) is 13.3. The number of benzene rings is 7. The van der Waals surface area contributed by atoms with Crippen LogP contribution in [0, 0.1) is 0 Å². The van der Waals surface area contributed by atoms with Gasteiger partial charge in [-0.3, -0.25) is 4.99 Å². The lowest BCUT2D eigenvalue weighted by Gasteiger charge is -2.17. The van der Waals surface area contributed by atoms with Gasteiger partial charge in [0, 0.05) is 34.4 Å². The van der Waals surface area contributed by atoms with Crippen molar-refractivity contribution in [2.24, 2.45) is 9.98 Å². The summed E-state index contributed by atoms with van der Waals surface area (Å²) in [5, 5.41) is 3.70. The maximum atomic E-state index is 5.25. The van der Waals surface area contributed by atoms with E-state index in [4.69, 9.17) is 24.9 Å². The highest BCUT2D eigenvalue weighted by Crippen LogP contribution is 2.33. The van der Waals surface area contributed by atoms with Crippen LogP contribution < -0.4 is 5.32 Å². The molecule has 0 aliphatic carbocycles. The van der Waals surface area contributed by atoms with Crippen LogP contribution in [0.5, 0.6) is 0 Å². The number of aromatic nitrogens is 3. The zero-order chi connectivity index (χ0) is 36.8. The first-order chi connectivity index (χ1) is 27.2. The maximum absolute atomic E-state index is 5.25. The molecule has 0 saturated carbocycles. The minimum Gasteiger partial charge on any atom is -0.367 e. The van der Waals surface area contributed by atoms with Crippen molar-refractivity contribution in [1.29, 1.82) is 0 Å². The molecule has 1 N–H and O–H groups in total. The predicted molar refractivity (Wildman–Crippen MR) is 224 cm³/mol. The van der Waals surface area contributed by atoms with E-state index in [1.807, 2.05) is 91.0 Å². The van der Waals surface area contributed by atoms with Crippen molar-refractivity contribution in [3.05, 3.63) is 211 Å². The Kier molecular flexibility index (Phi) is 9.35. The smallest absolute Gasteiger partial charge is 0.164 e. The van der Waals surface area contributed by atoms with Crippen LogP contribution in [0.1, 0.15) is 22.7 Å². The van der Waals surface area contributed by atoms with Gasteiger partial charge < -0.3 is 5.32 Å². The molecule has 8 aromatic rings. The van der Waals surface area contributed by atoms with Gasteiger partial charge in [0.2, 0.25) is 0 Å². The monoisotopic (exact) mass is 708 g/mol. The predicted octanol–water partition coefficient (Wildman–Crippen LogP) is 10.7. The number of amidine groups is 2. The van der Waals surface area contributed by atoms with Crippen LogP contribution in [0.3, 0.4) is 0 Å². The molecule has 0 fully saturated rings. The Morgan fingerprint density at radius 1 is 0.382 bits per heavy atom. The normalized spacial score (nSPS) is 13.9. The molecule has 0 spiro atoms. The SMILES string of the molecule is c1ccc(C2=NC(c3ccccc3)CNC(c3ccc(-c4ccccc4)cc3-c3ccc(-c4nc(-c5ccccc5)nc(-c5ccccc5)n4)cc3)=N2)cc1. The Morgan fingerprint density at radius 3 is 1.36 bits per heavy atom. The Morgan fingerprint density at radius 2 is 0.818 bits per heavy atom. The molecule has 262 valence electrons. The Bertz CT molecular complexity index is 2550. The van der Waals surface area contributed by atoms with Crippen LogP contribution in [0.25, 0.3) is 56.4 Å². The van der Waals surface area contributed by atoms with Crippen molar-refractivity contribution >= 4 is 11.7 Å². The molecule has 0 radical (unpaired) electrons. The molecule has 1 aliphatic heterocycles. The molecule has 1 aromatic heterocycles. The summed E-state index contributed by atoms with van der Waals surface area (Å²) < 4.78 is 0. The fourth-order valence-electron chi connectivity index (χ4n) is 6.85. The number of rotatable bonds is 8. The highest BCUT2D eigenvalue weighted by molar-refractivity contribution is 6.14. The fourth-order valence-corrected chi connectivity index (χ4v) is 6.85. The number of nitrogens with one attached hydrogen (secondary N) is 1. The van der Waals surface area contributed by atoms with Gasteiger partial charge in [0.15, 0.2) is 23.3 Å². The number of hydrogen-bond acceptors (Lipinski definition) is 6. The van der Waals surface area contributed by atoms with Crippen molar-refractivity contribution in [2.75, 3.05) is 6.54 Å². The molecule has 0 amide bonds. The first-order valence-corrected chi connectivity index (χ1v) is 18.4. The van der Waals surface area contributed by atoms with E-state index in [9.17, 15) is 0 Å². The fraction of sp³-hybridized carbons (Fsp3) is 0.0408. The van der Waals surface area contributed by atoms with Gasteiger partial charge in [-0.05, 0) is 33.9 Å². The Hall–Kier alpha value is -7.31. The van der Waals surface area contributed by atoms with E-state index in [0.29, 0.717) is 29.9 Å².